The highest BCUT2D eigenvalue weighted by atomic mass is 32.2. The van der Waals surface area contributed by atoms with Gasteiger partial charge < -0.3 is 10.1 Å². The van der Waals surface area contributed by atoms with Crippen LogP contribution in [-0.4, -0.2) is 43.5 Å². The van der Waals surface area contributed by atoms with Crippen molar-refractivity contribution in [2.75, 3.05) is 32.6 Å². The van der Waals surface area contributed by atoms with Crippen molar-refractivity contribution in [3.8, 4) is 0 Å². The Hall–Kier alpha value is 0.0600. The Morgan fingerprint density at radius 1 is 1.35 bits per heavy atom. The number of nitrogens with one attached hydrogen (secondary N) is 1. The number of hydrogen-bond donors (Lipinski definition) is 1. The molecule has 0 aromatic heterocycles. The molecular weight excluding hydrogens is 251 g/mol. The zero-order valence-electron chi connectivity index (χ0n) is 10.1. The second kappa shape index (κ2) is 6.85. The predicted octanol–water partition coefficient (Wildman–Crippen LogP) is 2.83. The van der Waals surface area contributed by atoms with E-state index in [0.717, 1.165) is 13.1 Å². The van der Waals surface area contributed by atoms with Gasteiger partial charge in [-0.05, 0) is 32.1 Å². The van der Waals surface area contributed by atoms with E-state index in [1.807, 2.05) is 11.8 Å². The Morgan fingerprint density at radius 2 is 2.06 bits per heavy atom. The van der Waals surface area contributed by atoms with Crippen LogP contribution < -0.4 is 5.32 Å². The van der Waals surface area contributed by atoms with E-state index in [-0.39, 0.29) is 6.61 Å². The third-order valence-electron chi connectivity index (χ3n) is 3.05. The maximum absolute atomic E-state index is 11.7. The molecule has 0 atom stereocenters. The number of hydrogen-bond acceptors (Lipinski definition) is 3. The largest absolute Gasteiger partial charge is 0.411 e. The second-order valence-electron chi connectivity index (χ2n) is 4.44. The Kier molecular flexibility index (Phi) is 6.09. The highest BCUT2D eigenvalue weighted by Crippen LogP contribution is 2.42. The van der Waals surface area contributed by atoms with Gasteiger partial charge in [-0.15, -0.1) is 0 Å². The molecule has 1 aliphatic carbocycles. The summed E-state index contributed by atoms with van der Waals surface area (Å²) < 4.78 is 40.1. The molecule has 0 aromatic carbocycles. The van der Waals surface area contributed by atoms with Crippen LogP contribution >= 0.6 is 11.8 Å². The molecule has 1 N–H and O–H groups in total. The first-order valence-corrected chi connectivity index (χ1v) is 7.10. The molecule has 0 heterocycles. The lowest BCUT2D eigenvalue weighted by Gasteiger charge is -2.40. The van der Waals surface area contributed by atoms with Crippen LogP contribution in [0.5, 0.6) is 0 Å². The van der Waals surface area contributed by atoms with E-state index in [4.69, 9.17) is 0 Å². The lowest BCUT2D eigenvalue weighted by molar-refractivity contribution is -0.173. The Balaban J connectivity index is 1.91. The molecule has 102 valence electrons. The van der Waals surface area contributed by atoms with Crippen molar-refractivity contribution < 1.29 is 17.9 Å². The van der Waals surface area contributed by atoms with Gasteiger partial charge in [-0.3, -0.25) is 0 Å². The molecule has 6 heteroatoms. The zero-order chi connectivity index (χ0) is 12.8. The Morgan fingerprint density at radius 3 is 2.53 bits per heavy atom. The number of alkyl halides is 3. The first kappa shape index (κ1) is 15.1. The number of rotatable bonds is 8. The van der Waals surface area contributed by atoms with Crippen molar-refractivity contribution in [1.29, 1.82) is 0 Å². The van der Waals surface area contributed by atoms with Gasteiger partial charge in [0, 0.05) is 17.9 Å². The average molecular weight is 271 g/mol. The van der Waals surface area contributed by atoms with Gasteiger partial charge in [0.25, 0.3) is 0 Å². The molecule has 1 saturated carbocycles. The third-order valence-corrected chi connectivity index (χ3v) is 4.47. The van der Waals surface area contributed by atoms with Crippen LogP contribution in [0.2, 0.25) is 0 Å². The molecule has 0 bridgehead atoms. The second-order valence-corrected chi connectivity index (χ2v) is 5.71. The van der Waals surface area contributed by atoms with Crippen molar-refractivity contribution in [1.82, 2.24) is 5.32 Å². The third kappa shape index (κ3) is 5.97. The van der Waals surface area contributed by atoms with Gasteiger partial charge in [-0.25, -0.2) is 0 Å². The number of ether oxygens (including phenoxy) is 1. The van der Waals surface area contributed by atoms with E-state index >= 15 is 0 Å². The van der Waals surface area contributed by atoms with Crippen LogP contribution in [0.1, 0.15) is 25.7 Å². The van der Waals surface area contributed by atoms with Crippen molar-refractivity contribution in [3.05, 3.63) is 0 Å². The fourth-order valence-electron chi connectivity index (χ4n) is 1.83. The maximum Gasteiger partial charge on any atom is 0.411 e. The molecule has 1 fully saturated rings. The highest BCUT2D eigenvalue weighted by Gasteiger charge is 2.35. The smallest absolute Gasteiger partial charge is 0.372 e. The fraction of sp³-hybridized carbons (Fsp3) is 1.00. The summed E-state index contributed by atoms with van der Waals surface area (Å²) in [6.07, 6.45) is 2.31. The Labute approximate surface area is 105 Å². The summed E-state index contributed by atoms with van der Waals surface area (Å²) in [4.78, 5) is 0. The van der Waals surface area contributed by atoms with Gasteiger partial charge in [0.05, 0.1) is 0 Å². The molecule has 0 saturated heterocycles. The van der Waals surface area contributed by atoms with Crippen molar-refractivity contribution in [3.63, 3.8) is 0 Å². The van der Waals surface area contributed by atoms with Crippen LogP contribution in [0.15, 0.2) is 0 Å². The Bertz CT molecular complexity index is 214. The maximum atomic E-state index is 11.7. The molecule has 0 spiro atoms. The summed E-state index contributed by atoms with van der Waals surface area (Å²) in [5.41, 5.74) is 0. The van der Waals surface area contributed by atoms with E-state index in [1.54, 1.807) is 0 Å². The molecule has 17 heavy (non-hydrogen) atoms. The number of thioether (sulfide) groups is 1. The first-order valence-electron chi connectivity index (χ1n) is 5.88. The summed E-state index contributed by atoms with van der Waals surface area (Å²) in [5, 5.41) is 3.29. The van der Waals surface area contributed by atoms with Crippen molar-refractivity contribution in [2.45, 2.75) is 36.6 Å². The SMILES string of the molecule is CSC1(CNCCCOCC(F)(F)F)CCC1. The normalized spacial score (nSPS) is 19.1. The minimum Gasteiger partial charge on any atom is -0.372 e. The van der Waals surface area contributed by atoms with Crippen molar-refractivity contribution >= 4 is 11.8 Å². The molecule has 1 rings (SSSR count). The lowest BCUT2D eigenvalue weighted by Crippen LogP contribution is -2.43. The minimum absolute atomic E-state index is 0.165. The van der Waals surface area contributed by atoms with Crippen molar-refractivity contribution in [2.24, 2.45) is 0 Å². The first-order chi connectivity index (χ1) is 7.97. The van der Waals surface area contributed by atoms with Gasteiger partial charge in [-0.1, -0.05) is 6.42 Å². The summed E-state index contributed by atoms with van der Waals surface area (Å²) in [6, 6.07) is 0. The molecule has 0 aliphatic heterocycles. The topological polar surface area (TPSA) is 21.3 Å². The minimum atomic E-state index is -4.21. The van der Waals surface area contributed by atoms with Crippen LogP contribution in [-0.2, 0) is 4.74 Å². The number of halogens is 3. The quantitative estimate of drug-likeness (QED) is 0.686. The summed E-state index contributed by atoms with van der Waals surface area (Å²) >= 11 is 1.89. The standard InChI is InChI=1S/C11H20F3NOS/c1-17-10(4-2-5-10)8-15-6-3-7-16-9-11(12,13)14/h15H,2-9H2,1H3. The van der Waals surface area contributed by atoms with Crippen LogP contribution in [0, 0.1) is 0 Å². The molecular formula is C11H20F3NOS. The van der Waals surface area contributed by atoms with Crippen LogP contribution in [0.4, 0.5) is 13.2 Å². The van der Waals surface area contributed by atoms with Crippen LogP contribution in [0.25, 0.3) is 0 Å². The fourth-order valence-corrected chi connectivity index (χ4v) is 2.77. The molecule has 1 aliphatic rings. The van der Waals surface area contributed by atoms with E-state index in [1.165, 1.54) is 19.3 Å². The van der Waals surface area contributed by atoms with Gasteiger partial charge in [0.15, 0.2) is 0 Å². The van der Waals surface area contributed by atoms with Crippen LogP contribution in [0.3, 0.4) is 0 Å². The average Bonchev–Trinajstić information content (AvgIpc) is 2.18. The van der Waals surface area contributed by atoms with E-state index in [9.17, 15) is 13.2 Å². The van der Waals surface area contributed by atoms with E-state index < -0.39 is 12.8 Å². The van der Waals surface area contributed by atoms with Gasteiger partial charge in [-0.2, -0.15) is 24.9 Å². The molecule has 2 nitrogen and oxygen atoms in total. The van der Waals surface area contributed by atoms with Gasteiger partial charge in [0.2, 0.25) is 0 Å². The molecule has 0 unspecified atom stereocenters. The molecule has 0 aromatic rings. The van der Waals surface area contributed by atoms with Gasteiger partial charge in [0.1, 0.15) is 6.61 Å². The molecule has 0 amide bonds. The zero-order valence-corrected chi connectivity index (χ0v) is 10.9. The summed E-state index contributed by atoms with van der Waals surface area (Å²) in [5.74, 6) is 0. The van der Waals surface area contributed by atoms with E-state index in [2.05, 4.69) is 16.3 Å². The monoisotopic (exact) mass is 271 g/mol. The summed E-state index contributed by atoms with van der Waals surface area (Å²) in [6.45, 7) is 0.703. The van der Waals surface area contributed by atoms with Gasteiger partial charge >= 0.3 is 6.18 Å². The highest BCUT2D eigenvalue weighted by molar-refractivity contribution is 8.00. The molecule has 0 radical (unpaired) electrons. The predicted molar refractivity (Wildman–Crippen MR) is 64.5 cm³/mol. The summed E-state index contributed by atoms with van der Waals surface area (Å²) in [7, 11) is 0. The lowest BCUT2D eigenvalue weighted by atomic mass is 9.84. The van der Waals surface area contributed by atoms with E-state index in [0.29, 0.717) is 11.2 Å².